The summed E-state index contributed by atoms with van der Waals surface area (Å²) in [4.78, 5) is 11.7. The van der Waals surface area contributed by atoms with Crippen molar-refractivity contribution in [2.45, 2.75) is 116 Å². The third-order valence-electron chi connectivity index (χ3n) is 5.77. The van der Waals surface area contributed by atoms with E-state index < -0.39 is 5.60 Å². The number of hydrogen-bond donors (Lipinski definition) is 0. The molecule has 0 radical (unpaired) electrons. The largest absolute Gasteiger partial charge is 0.467 e. The number of carbonyl (C=O) groups excluding carboxylic acids is 1. The van der Waals surface area contributed by atoms with Gasteiger partial charge in [-0.15, -0.1) is 0 Å². The Morgan fingerprint density at radius 2 is 1.28 bits per heavy atom. The molecule has 0 saturated carbocycles. The zero-order valence-electron chi connectivity index (χ0n) is 17.1. The van der Waals surface area contributed by atoms with Gasteiger partial charge in [0, 0.05) is 0 Å². The molecule has 0 bridgehead atoms. The maximum atomic E-state index is 11.7. The Labute approximate surface area is 156 Å². The van der Waals surface area contributed by atoms with Crippen molar-refractivity contribution >= 4 is 5.97 Å². The predicted octanol–water partition coefficient (Wildman–Crippen LogP) is 6.44. The van der Waals surface area contributed by atoms with Crippen LogP contribution in [0.25, 0.3) is 0 Å². The van der Waals surface area contributed by atoms with Crippen LogP contribution in [-0.2, 0) is 14.3 Å². The number of esters is 1. The van der Waals surface area contributed by atoms with Crippen molar-refractivity contribution in [3.05, 3.63) is 0 Å². The van der Waals surface area contributed by atoms with Gasteiger partial charge in [-0.2, -0.15) is 0 Å². The minimum absolute atomic E-state index is 0.189. The van der Waals surface area contributed by atoms with E-state index in [1.54, 1.807) is 0 Å². The van der Waals surface area contributed by atoms with Gasteiger partial charge in [-0.1, -0.05) is 104 Å². The van der Waals surface area contributed by atoms with Crippen LogP contribution in [0.5, 0.6) is 0 Å². The quantitative estimate of drug-likeness (QED) is 0.171. The molecule has 25 heavy (non-hydrogen) atoms. The highest BCUT2D eigenvalue weighted by Crippen LogP contribution is 2.39. The van der Waals surface area contributed by atoms with Crippen molar-refractivity contribution in [1.82, 2.24) is 0 Å². The Kier molecular flexibility index (Phi) is 12.2. The highest BCUT2D eigenvalue weighted by atomic mass is 16.6. The molecule has 148 valence electrons. The summed E-state index contributed by atoms with van der Waals surface area (Å²) in [6, 6.07) is 0. The molecule has 0 spiro atoms. The predicted molar refractivity (Wildman–Crippen MR) is 105 cm³/mol. The molecule has 0 aromatic heterocycles. The topological polar surface area (TPSA) is 38.8 Å². The van der Waals surface area contributed by atoms with Crippen LogP contribution in [0.1, 0.15) is 110 Å². The molecular formula is C22H42O3. The summed E-state index contributed by atoms with van der Waals surface area (Å²) in [6.07, 6.45) is 20.4. The Bertz CT molecular complexity index is 336. The van der Waals surface area contributed by atoms with Gasteiger partial charge in [-0.3, -0.25) is 0 Å². The maximum Gasteiger partial charge on any atom is 0.340 e. The first kappa shape index (κ1) is 22.5. The molecule has 3 heteroatoms. The van der Waals surface area contributed by atoms with E-state index in [0.717, 1.165) is 6.42 Å². The molecule has 1 rings (SSSR count). The van der Waals surface area contributed by atoms with Gasteiger partial charge in [-0.05, 0) is 12.3 Å². The fourth-order valence-electron chi connectivity index (χ4n) is 3.73. The van der Waals surface area contributed by atoms with E-state index in [9.17, 15) is 4.79 Å². The van der Waals surface area contributed by atoms with E-state index in [1.807, 2.05) is 0 Å². The molecule has 1 aliphatic rings. The molecule has 3 nitrogen and oxygen atoms in total. The Morgan fingerprint density at radius 3 is 1.64 bits per heavy atom. The molecule has 0 aromatic carbocycles. The van der Waals surface area contributed by atoms with E-state index in [-0.39, 0.29) is 11.9 Å². The normalized spacial score (nSPS) is 20.4. The number of ether oxygens (including phenoxy) is 2. The van der Waals surface area contributed by atoms with Crippen LogP contribution in [0.4, 0.5) is 0 Å². The number of rotatable bonds is 17. The highest BCUT2D eigenvalue weighted by molar-refractivity contribution is 5.82. The fraction of sp³-hybridized carbons (Fsp3) is 0.955. The van der Waals surface area contributed by atoms with Gasteiger partial charge in [0.15, 0.2) is 5.60 Å². The van der Waals surface area contributed by atoms with E-state index in [4.69, 9.17) is 9.47 Å². The van der Waals surface area contributed by atoms with E-state index in [1.165, 1.54) is 97.0 Å². The van der Waals surface area contributed by atoms with Crippen molar-refractivity contribution in [1.29, 1.82) is 0 Å². The first-order valence-electron chi connectivity index (χ1n) is 10.9. The summed E-state index contributed by atoms with van der Waals surface area (Å²) < 4.78 is 10.3. The second-order valence-electron chi connectivity index (χ2n) is 7.96. The van der Waals surface area contributed by atoms with Crippen LogP contribution in [0.2, 0.25) is 0 Å². The second-order valence-corrected chi connectivity index (χ2v) is 7.96. The van der Waals surface area contributed by atoms with E-state index in [2.05, 4.69) is 13.8 Å². The number of carbonyl (C=O) groups is 1. The van der Waals surface area contributed by atoms with Crippen LogP contribution in [0.3, 0.4) is 0 Å². The molecule has 1 heterocycles. The summed E-state index contributed by atoms with van der Waals surface area (Å²) in [7, 11) is 1.45. The standard InChI is InChI=1S/C22H42O3/c1-4-5-6-7-8-9-10-11-12-13-14-15-16-17-18-20(2)22(19-25-22)21(23)24-3/h20H,4-19H2,1-3H3. The number of unbranched alkanes of at least 4 members (excludes halogenated alkanes) is 13. The van der Waals surface area contributed by atoms with Crippen LogP contribution in [-0.4, -0.2) is 25.3 Å². The van der Waals surface area contributed by atoms with Crippen molar-refractivity contribution < 1.29 is 14.3 Å². The summed E-state index contributed by atoms with van der Waals surface area (Å²) in [5.74, 6) is 0.0858. The second kappa shape index (κ2) is 13.6. The van der Waals surface area contributed by atoms with Crippen LogP contribution in [0.15, 0.2) is 0 Å². The monoisotopic (exact) mass is 354 g/mol. The lowest BCUT2D eigenvalue weighted by Crippen LogP contribution is -2.33. The van der Waals surface area contributed by atoms with Crippen molar-refractivity contribution in [2.24, 2.45) is 5.92 Å². The zero-order valence-corrected chi connectivity index (χ0v) is 17.1. The highest BCUT2D eigenvalue weighted by Gasteiger charge is 2.57. The molecule has 0 aliphatic carbocycles. The maximum absolute atomic E-state index is 11.7. The number of methoxy groups -OCH3 is 1. The Morgan fingerprint density at radius 1 is 0.880 bits per heavy atom. The Hall–Kier alpha value is -0.570. The average molecular weight is 355 g/mol. The summed E-state index contributed by atoms with van der Waals surface area (Å²) >= 11 is 0. The van der Waals surface area contributed by atoms with Gasteiger partial charge in [0.25, 0.3) is 0 Å². The smallest absolute Gasteiger partial charge is 0.340 e. The lowest BCUT2D eigenvalue weighted by atomic mass is 9.89. The van der Waals surface area contributed by atoms with Crippen molar-refractivity contribution in [2.75, 3.05) is 13.7 Å². The fourth-order valence-corrected chi connectivity index (χ4v) is 3.73. The minimum Gasteiger partial charge on any atom is -0.467 e. The van der Waals surface area contributed by atoms with Gasteiger partial charge in [-0.25, -0.2) is 4.79 Å². The van der Waals surface area contributed by atoms with E-state index >= 15 is 0 Å². The van der Waals surface area contributed by atoms with Crippen LogP contribution < -0.4 is 0 Å². The first-order valence-corrected chi connectivity index (χ1v) is 10.9. The van der Waals surface area contributed by atoms with Gasteiger partial charge >= 0.3 is 5.97 Å². The molecule has 2 atom stereocenters. The molecule has 1 saturated heterocycles. The van der Waals surface area contributed by atoms with Gasteiger partial charge in [0.1, 0.15) is 0 Å². The molecule has 1 aliphatic heterocycles. The molecular weight excluding hydrogens is 312 g/mol. The van der Waals surface area contributed by atoms with E-state index in [0.29, 0.717) is 6.61 Å². The average Bonchev–Trinajstić information content (AvgIpc) is 3.43. The summed E-state index contributed by atoms with van der Waals surface area (Å²) in [6.45, 7) is 4.94. The summed E-state index contributed by atoms with van der Waals surface area (Å²) in [5, 5.41) is 0. The molecule has 0 N–H and O–H groups in total. The third kappa shape index (κ3) is 9.08. The Balaban J connectivity index is 1.83. The number of epoxide rings is 1. The van der Waals surface area contributed by atoms with Gasteiger partial charge in [0.2, 0.25) is 0 Å². The molecule has 0 amide bonds. The van der Waals surface area contributed by atoms with Crippen LogP contribution in [0, 0.1) is 5.92 Å². The minimum atomic E-state index is -0.606. The van der Waals surface area contributed by atoms with Crippen LogP contribution >= 0.6 is 0 Å². The third-order valence-corrected chi connectivity index (χ3v) is 5.77. The molecule has 0 aromatic rings. The zero-order chi connectivity index (χ0) is 18.4. The van der Waals surface area contributed by atoms with Crippen molar-refractivity contribution in [3.63, 3.8) is 0 Å². The molecule has 2 unspecified atom stereocenters. The van der Waals surface area contributed by atoms with Crippen molar-refractivity contribution in [3.8, 4) is 0 Å². The van der Waals surface area contributed by atoms with Gasteiger partial charge < -0.3 is 9.47 Å². The van der Waals surface area contributed by atoms with Gasteiger partial charge in [0.05, 0.1) is 13.7 Å². The first-order chi connectivity index (χ1) is 12.2. The lowest BCUT2D eigenvalue weighted by molar-refractivity contribution is -0.149. The number of hydrogen-bond acceptors (Lipinski definition) is 3. The SMILES string of the molecule is CCCCCCCCCCCCCCCCC(C)C1(C(=O)OC)CO1. The summed E-state index contributed by atoms with van der Waals surface area (Å²) in [5.41, 5.74) is -0.606. The molecule has 1 fully saturated rings. The lowest BCUT2D eigenvalue weighted by Gasteiger charge is -2.17.